The van der Waals surface area contributed by atoms with Gasteiger partial charge in [-0.15, -0.1) is 0 Å². The molecule has 3 heterocycles. The van der Waals surface area contributed by atoms with Crippen LogP contribution in [0.5, 0.6) is 0 Å². The minimum Gasteiger partial charge on any atom is -0.465 e. The number of ether oxygens (including phenoxy) is 3. The molecule has 37 heavy (non-hydrogen) atoms. The molecule has 10 nitrogen and oxygen atoms in total. The summed E-state index contributed by atoms with van der Waals surface area (Å²) in [6, 6.07) is 0.971. The number of carbonyl (C=O) groups excluding carboxylic acids is 1. The topological polar surface area (TPSA) is 118 Å². The van der Waals surface area contributed by atoms with Crippen molar-refractivity contribution in [2.24, 2.45) is 0 Å². The molecule has 2 N–H and O–H groups in total. The summed E-state index contributed by atoms with van der Waals surface area (Å²) in [4.78, 5) is 22.2. The number of carbonyl (C=O) groups is 1. The molecular formula is C24H29ClF2N6O4. The van der Waals surface area contributed by atoms with Gasteiger partial charge >= 0.3 is 12.5 Å². The largest absolute Gasteiger partial charge is 0.465 e. The summed E-state index contributed by atoms with van der Waals surface area (Å²) in [5.41, 5.74) is 7.64. The zero-order valence-electron chi connectivity index (χ0n) is 20.4. The Morgan fingerprint density at radius 3 is 2.97 bits per heavy atom. The van der Waals surface area contributed by atoms with Gasteiger partial charge in [0, 0.05) is 30.9 Å². The molecule has 0 saturated carbocycles. The Hall–Kier alpha value is -2.93. The van der Waals surface area contributed by atoms with Crippen molar-refractivity contribution in [2.45, 2.75) is 38.5 Å². The normalized spacial score (nSPS) is 20.3. The number of allylic oxidation sites excluding steroid dienone is 2. The van der Waals surface area contributed by atoms with Gasteiger partial charge in [0.25, 0.3) is 0 Å². The Balaban J connectivity index is 1.46. The number of nitrogens with two attached hydrogens (primary N) is 1. The van der Waals surface area contributed by atoms with Gasteiger partial charge in [-0.1, -0.05) is 29.8 Å². The van der Waals surface area contributed by atoms with Crippen molar-refractivity contribution in [2.75, 3.05) is 45.3 Å². The van der Waals surface area contributed by atoms with E-state index in [1.54, 1.807) is 6.92 Å². The number of anilines is 1. The van der Waals surface area contributed by atoms with Crippen LogP contribution in [0.4, 0.5) is 14.7 Å². The average molecular weight is 539 g/mol. The van der Waals surface area contributed by atoms with Gasteiger partial charge in [0.2, 0.25) is 5.95 Å². The van der Waals surface area contributed by atoms with Crippen LogP contribution in [0.1, 0.15) is 25.5 Å². The second kappa shape index (κ2) is 12.5. The van der Waals surface area contributed by atoms with Crippen molar-refractivity contribution in [1.29, 1.82) is 0 Å². The van der Waals surface area contributed by atoms with Crippen LogP contribution < -0.4 is 5.73 Å². The molecule has 1 aliphatic carbocycles. The zero-order valence-corrected chi connectivity index (χ0v) is 21.1. The minimum atomic E-state index is -2.82. The highest BCUT2D eigenvalue weighted by Gasteiger charge is 2.31. The van der Waals surface area contributed by atoms with E-state index in [1.165, 1.54) is 12.3 Å². The number of nitrogens with zero attached hydrogens (tertiary/aromatic N) is 5. The summed E-state index contributed by atoms with van der Waals surface area (Å²) in [5, 5.41) is 4.12. The molecule has 2 atom stereocenters. The van der Waals surface area contributed by atoms with Crippen molar-refractivity contribution in [3.63, 3.8) is 0 Å². The molecule has 0 spiro atoms. The molecule has 200 valence electrons. The minimum absolute atomic E-state index is 0.0784. The van der Waals surface area contributed by atoms with Crippen LogP contribution >= 0.6 is 11.6 Å². The molecule has 2 aromatic heterocycles. The van der Waals surface area contributed by atoms with Crippen LogP contribution in [0, 0.1) is 0 Å². The first kappa shape index (κ1) is 27.1. The SMILES string of the molecule is CCOC(=O)[C@@H]1COCCN1CCOC1CC=CC=C1Cc1cn(C(F)F)nc1-c1cc(Cl)nc(N)n1. The molecule has 13 heteroatoms. The molecule has 1 unspecified atom stereocenters. The standard InChI is InChI=1S/C24H29ClF2N6O4/c1-2-36-22(34)18-14-35-9-7-32(18)8-10-37-19-6-4-3-5-15(19)11-16-13-33(23(26)27)31-21(16)17-12-20(25)30-24(28)29-17/h3-5,12-13,18-19,23H,2,6-11,14H2,1H3,(H2,28,29,30)/t18-,19?/m0/s1. The van der Waals surface area contributed by atoms with E-state index in [-0.39, 0.29) is 41.2 Å². The summed E-state index contributed by atoms with van der Waals surface area (Å²) in [6.45, 7) is 1.55. The number of morpholine rings is 1. The summed E-state index contributed by atoms with van der Waals surface area (Å²) in [6.07, 6.45) is 7.76. The number of rotatable bonds is 10. The third-order valence-electron chi connectivity index (χ3n) is 6.06. The lowest BCUT2D eigenvalue weighted by Gasteiger charge is -2.34. The van der Waals surface area contributed by atoms with E-state index in [4.69, 9.17) is 31.5 Å². The molecule has 0 radical (unpaired) electrons. The quantitative estimate of drug-likeness (QED) is 0.359. The van der Waals surface area contributed by atoms with E-state index in [1.807, 2.05) is 23.1 Å². The summed E-state index contributed by atoms with van der Waals surface area (Å²) in [5.74, 6) is -0.386. The van der Waals surface area contributed by atoms with Gasteiger partial charge in [-0.25, -0.2) is 14.6 Å². The fourth-order valence-electron chi connectivity index (χ4n) is 4.32. The molecular weight excluding hydrogens is 510 g/mol. The monoisotopic (exact) mass is 538 g/mol. The number of nitrogen functional groups attached to an aromatic ring is 1. The van der Waals surface area contributed by atoms with Crippen molar-refractivity contribution in [3.05, 3.63) is 46.8 Å². The Labute approximate surface area is 218 Å². The van der Waals surface area contributed by atoms with Gasteiger partial charge in [-0.2, -0.15) is 13.9 Å². The Morgan fingerprint density at radius 2 is 2.22 bits per heavy atom. The molecule has 0 bridgehead atoms. The van der Waals surface area contributed by atoms with Gasteiger partial charge in [0.15, 0.2) is 0 Å². The van der Waals surface area contributed by atoms with E-state index in [2.05, 4.69) is 15.1 Å². The Bertz CT molecular complexity index is 1140. The third-order valence-corrected chi connectivity index (χ3v) is 6.26. The fraction of sp³-hybridized carbons (Fsp3) is 0.500. The second-order valence-corrected chi connectivity index (χ2v) is 8.90. The maximum absolute atomic E-state index is 13.5. The van der Waals surface area contributed by atoms with Gasteiger partial charge < -0.3 is 19.9 Å². The summed E-state index contributed by atoms with van der Waals surface area (Å²) in [7, 11) is 0. The third kappa shape index (κ3) is 6.89. The van der Waals surface area contributed by atoms with Crippen molar-refractivity contribution >= 4 is 23.5 Å². The lowest BCUT2D eigenvalue weighted by molar-refractivity contribution is -0.156. The summed E-state index contributed by atoms with van der Waals surface area (Å²) < 4.78 is 44.4. The van der Waals surface area contributed by atoms with Gasteiger partial charge in [0.1, 0.15) is 16.9 Å². The first-order chi connectivity index (χ1) is 17.9. The predicted octanol–water partition coefficient (Wildman–Crippen LogP) is 3.05. The number of alkyl halides is 2. The van der Waals surface area contributed by atoms with E-state index in [9.17, 15) is 13.6 Å². The van der Waals surface area contributed by atoms with Crippen molar-refractivity contribution in [1.82, 2.24) is 24.6 Å². The Morgan fingerprint density at radius 1 is 1.38 bits per heavy atom. The number of aromatic nitrogens is 4. The number of hydrogen-bond donors (Lipinski definition) is 1. The van der Waals surface area contributed by atoms with Gasteiger partial charge in [-0.3, -0.25) is 9.69 Å². The smallest absolute Gasteiger partial charge is 0.333 e. The average Bonchev–Trinajstić information content (AvgIpc) is 3.29. The second-order valence-electron chi connectivity index (χ2n) is 8.52. The van der Waals surface area contributed by atoms with E-state index in [0.717, 1.165) is 5.57 Å². The van der Waals surface area contributed by atoms with Crippen molar-refractivity contribution < 1.29 is 27.8 Å². The zero-order chi connectivity index (χ0) is 26.4. The van der Waals surface area contributed by atoms with Crippen LogP contribution in [0.2, 0.25) is 5.15 Å². The van der Waals surface area contributed by atoms with Crippen molar-refractivity contribution in [3.8, 4) is 11.4 Å². The van der Waals surface area contributed by atoms with Crippen LogP contribution in [0.25, 0.3) is 11.4 Å². The van der Waals surface area contributed by atoms with Crippen LogP contribution in [-0.4, -0.2) is 82.3 Å². The highest BCUT2D eigenvalue weighted by molar-refractivity contribution is 6.29. The predicted molar refractivity (Wildman–Crippen MR) is 132 cm³/mol. The Kier molecular flexibility index (Phi) is 9.19. The highest BCUT2D eigenvalue weighted by atomic mass is 35.5. The van der Waals surface area contributed by atoms with E-state index in [0.29, 0.717) is 56.0 Å². The van der Waals surface area contributed by atoms with Gasteiger partial charge in [-0.05, 0) is 25.3 Å². The van der Waals surface area contributed by atoms with E-state index < -0.39 is 12.6 Å². The molecule has 4 rings (SSSR count). The molecule has 1 saturated heterocycles. The van der Waals surface area contributed by atoms with Gasteiger partial charge in [0.05, 0.1) is 38.2 Å². The number of hydrogen-bond acceptors (Lipinski definition) is 9. The highest BCUT2D eigenvalue weighted by Crippen LogP contribution is 2.29. The van der Waals surface area contributed by atoms with Crippen LogP contribution in [-0.2, 0) is 25.4 Å². The maximum atomic E-state index is 13.5. The molecule has 1 aliphatic heterocycles. The van der Waals surface area contributed by atoms with E-state index >= 15 is 0 Å². The lowest BCUT2D eigenvalue weighted by atomic mass is 9.94. The molecule has 0 aromatic carbocycles. The maximum Gasteiger partial charge on any atom is 0.333 e. The first-order valence-corrected chi connectivity index (χ1v) is 12.4. The molecule has 0 amide bonds. The molecule has 2 aliphatic rings. The first-order valence-electron chi connectivity index (χ1n) is 12.0. The molecule has 2 aromatic rings. The number of esters is 1. The number of halogens is 3. The summed E-state index contributed by atoms with van der Waals surface area (Å²) >= 11 is 6.01. The molecule has 1 fully saturated rings. The van der Waals surface area contributed by atoms with Crippen LogP contribution in [0.15, 0.2) is 36.1 Å². The van der Waals surface area contributed by atoms with Crippen LogP contribution in [0.3, 0.4) is 0 Å². The lowest BCUT2D eigenvalue weighted by Crippen LogP contribution is -2.51. The fourth-order valence-corrected chi connectivity index (χ4v) is 4.51.